The van der Waals surface area contributed by atoms with Crippen LogP contribution < -0.4 is 10.8 Å². The first-order valence-electron chi connectivity index (χ1n) is 8.14. The van der Waals surface area contributed by atoms with Gasteiger partial charge in [-0.25, -0.2) is 0 Å². The molecule has 1 heterocycles. The fourth-order valence-electron chi connectivity index (χ4n) is 2.22. The Morgan fingerprint density at radius 1 is 1.07 bits per heavy atom. The van der Waals surface area contributed by atoms with Gasteiger partial charge < -0.3 is 4.89 Å². The van der Waals surface area contributed by atoms with Gasteiger partial charge in [0.05, 0.1) is 33.9 Å². The van der Waals surface area contributed by atoms with Crippen LogP contribution in [0.25, 0.3) is 0 Å². The summed E-state index contributed by atoms with van der Waals surface area (Å²) in [5.74, 6) is 5.29. The summed E-state index contributed by atoms with van der Waals surface area (Å²) in [6.45, 7) is 0. The quantitative estimate of drug-likeness (QED) is 0.192. The standard InChI is InChI=1S/C18H15N5O4.2ClH.Fe/c19-27-26-18-9-5-14(6-10-18)21-12-16-2-1-15(22-16)11-20-13-3-7-17(8-4-13)23(24)25;;;/h2-12H,1,19H2;2*1H;/q;;;+2/p-2. The van der Waals surface area contributed by atoms with Gasteiger partial charge >= 0.3 is 33.3 Å². The number of benzene rings is 2. The van der Waals surface area contributed by atoms with Crippen LogP contribution in [0.15, 0.2) is 75.3 Å². The number of hydrogen-bond donors (Lipinski definition) is 1. The van der Waals surface area contributed by atoms with E-state index in [9.17, 15) is 10.1 Å². The molecule has 2 aromatic carbocycles. The van der Waals surface area contributed by atoms with Crippen molar-refractivity contribution in [3.05, 3.63) is 70.4 Å². The maximum absolute atomic E-state index is 10.6. The predicted octanol–water partition coefficient (Wildman–Crippen LogP) is 4.99. The first-order valence-corrected chi connectivity index (χ1v) is 11.2. The van der Waals surface area contributed by atoms with E-state index in [4.69, 9.17) is 26.1 Å². The van der Waals surface area contributed by atoms with Crippen molar-refractivity contribution < 1.29 is 27.9 Å². The van der Waals surface area contributed by atoms with E-state index in [1.54, 1.807) is 48.8 Å². The number of hydrogen-bond acceptors (Lipinski definition) is 8. The van der Waals surface area contributed by atoms with Crippen molar-refractivity contribution in [2.45, 2.75) is 6.42 Å². The van der Waals surface area contributed by atoms with Crippen LogP contribution in [-0.2, 0) is 18.1 Å². The van der Waals surface area contributed by atoms with Gasteiger partial charge in [-0.2, -0.15) is 5.90 Å². The zero-order valence-corrected chi connectivity index (χ0v) is 17.8. The molecule has 0 amide bonds. The molecule has 0 aromatic heterocycles. The van der Waals surface area contributed by atoms with Crippen molar-refractivity contribution in [1.29, 1.82) is 0 Å². The van der Waals surface area contributed by atoms with E-state index in [0.717, 1.165) is 17.1 Å². The number of aliphatic imine (C=N–C) groups is 3. The summed E-state index contributed by atoms with van der Waals surface area (Å²) in [4.78, 5) is 32.0. The number of nitrogens with two attached hydrogens (primary N) is 1. The Hall–Kier alpha value is -2.59. The summed E-state index contributed by atoms with van der Waals surface area (Å²) < 4.78 is 0. The molecule has 9 nitrogen and oxygen atoms in total. The zero-order chi connectivity index (χ0) is 21.8. The van der Waals surface area contributed by atoms with Gasteiger partial charge in [0.15, 0.2) is 5.75 Å². The fourth-order valence-corrected chi connectivity index (χ4v) is 2.22. The molecule has 0 radical (unpaired) electrons. The summed E-state index contributed by atoms with van der Waals surface area (Å²) in [5.41, 5.74) is 2.88. The minimum absolute atomic E-state index is 0.0301. The van der Waals surface area contributed by atoms with Crippen molar-refractivity contribution in [3.8, 4) is 5.75 Å². The van der Waals surface area contributed by atoms with Gasteiger partial charge in [-0.3, -0.25) is 25.1 Å². The number of nitro groups is 1. The average molecular weight is 492 g/mol. The molecule has 1 aliphatic heterocycles. The number of nitrogens with zero attached hydrogens (tertiary/aromatic N) is 4. The SMILES string of the molecule is NOOc1ccc(N=CC2=CCC(C=Nc3ccc([N+](=O)[O-])cc3)=N2)cc1.[Cl][Fe][Cl]. The first-order chi connectivity index (χ1) is 14.5. The molecule has 3 rings (SSSR count). The molecule has 30 heavy (non-hydrogen) atoms. The molecule has 1 aliphatic rings. The van der Waals surface area contributed by atoms with Crippen molar-refractivity contribution >= 4 is 55.4 Å². The van der Waals surface area contributed by atoms with E-state index in [2.05, 4.69) is 24.9 Å². The number of allylic oxidation sites excluding steroid dienone is 2. The van der Waals surface area contributed by atoms with Gasteiger partial charge in [0, 0.05) is 24.8 Å². The van der Waals surface area contributed by atoms with E-state index >= 15 is 0 Å². The van der Waals surface area contributed by atoms with Crippen molar-refractivity contribution in [2.75, 3.05) is 0 Å². The van der Waals surface area contributed by atoms with Crippen molar-refractivity contribution in [3.63, 3.8) is 0 Å². The summed E-state index contributed by atoms with van der Waals surface area (Å²) in [5, 5.41) is 10.6. The summed E-state index contributed by atoms with van der Waals surface area (Å²) in [6.07, 6.45) is 5.86. The Balaban J connectivity index is 0.00000101. The van der Waals surface area contributed by atoms with Gasteiger partial charge in [-0.05, 0) is 36.4 Å². The monoisotopic (exact) mass is 491 g/mol. The first kappa shape index (κ1) is 23.7. The summed E-state index contributed by atoms with van der Waals surface area (Å²) >= 11 is 0.194. The molecular formula is C18H15Cl2FeN5O4. The second-order valence-corrected chi connectivity index (χ2v) is 7.27. The van der Waals surface area contributed by atoms with E-state index in [1.807, 2.05) is 6.08 Å². The topological polar surface area (TPSA) is 125 Å². The van der Waals surface area contributed by atoms with Crippen LogP contribution in [0.1, 0.15) is 6.42 Å². The molecule has 0 spiro atoms. The summed E-state index contributed by atoms with van der Waals surface area (Å²) in [7, 11) is 9.53. The molecule has 0 saturated heterocycles. The Morgan fingerprint density at radius 2 is 1.63 bits per heavy atom. The van der Waals surface area contributed by atoms with Crippen LogP contribution in [0.4, 0.5) is 17.1 Å². The van der Waals surface area contributed by atoms with Crippen molar-refractivity contribution in [2.24, 2.45) is 20.9 Å². The van der Waals surface area contributed by atoms with Gasteiger partial charge in [-0.1, -0.05) is 11.1 Å². The van der Waals surface area contributed by atoms with Crippen LogP contribution in [0.3, 0.4) is 0 Å². The molecule has 0 unspecified atom stereocenters. The van der Waals surface area contributed by atoms with Crippen LogP contribution in [-0.4, -0.2) is 23.1 Å². The Bertz CT molecular complexity index is 964. The minimum atomic E-state index is -0.448. The molecule has 158 valence electrons. The molecule has 0 atom stereocenters. The van der Waals surface area contributed by atoms with Gasteiger partial charge in [0.1, 0.15) is 0 Å². The van der Waals surface area contributed by atoms with E-state index in [0.29, 0.717) is 17.9 Å². The number of rotatable bonds is 7. The third-order valence-electron chi connectivity index (χ3n) is 3.54. The van der Waals surface area contributed by atoms with Crippen LogP contribution in [0.2, 0.25) is 0 Å². The molecule has 0 aliphatic carbocycles. The molecule has 0 saturated carbocycles. The predicted molar refractivity (Wildman–Crippen MR) is 114 cm³/mol. The molecular weight excluding hydrogens is 477 g/mol. The second-order valence-electron chi connectivity index (χ2n) is 5.45. The molecule has 2 N–H and O–H groups in total. The number of halogens is 2. The van der Waals surface area contributed by atoms with E-state index in [-0.39, 0.29) is 18.8 Å². The Labute approximate surface area is 186 Å². The van der Waals surface area contributed by atoms with Gasteiger partial charge in [0.2, 0.25) is 0 Å². The van der Waals surface area contributed by atoms with E-state index < -0.39 is 4.92 Å². The molecule has 12 heteroatoms. The fraction of sp³-hybridized carbons (Fsp3) is 0.0556. The second kappa shape index (κ2) is 12.9. The zero-order valence-electron chi connectivity index (χ0n) is 15.2. The average Bonchev–Trinajstić information content (AvgIpc) is 3.21. The van der Waals surface area contributed by atoms with Gasteiger partial charge in [0.25, 0.3) is 5.69 Å². The maximum atomic E-state index is 10.6. The van der Waals surface area contributed by atoms with Gasteiger partial charge in [-0.15, -0.1) is 0 Å². The van der Waals surface area contributed by atoms with Crippen molar-refractivity contribution in [1.82, 2.24) is 0 Å². The van der Waals surface area contributed by atoms with E-state index in [1.165, 1.54) is 12.1 Å². The number of nitro benzene ring substituents is 1. The molecule has 0 bridgehead atoms. The third-order valence-corrected chi connectivity index (χ3v) is 3.54. The van der Waals surface area contributed by atoms with Crippen LogP contribution >= 0.6 is 20.2 Å². The van der Waals surface area contributed by atoms with Crippen LogP contribution in [0, 0.1) is 10.1 Å². The normalized spacial score (nSPS) is 13.2. The Kier molecular flexibility index (Phi) is 10.2. The molecule has 0 fully saturated rings. The Morgan fingerprint density at radius 3 is 2.20 bits per heavy atom. The third kappa shape index (κ3) is 8.03. The van der Waals surface area contributed by atoms with Crippen LogP contribution in [0.5, 0.6) is 5.75 Å². The molecule has 2 aromatic rings. The number of non-ortho nitro benzene ring substituents is 1. The summed E-state index contributed by atoms with van der Waals surface area (Å²) in [6, 6.07) is 12.8.